The Morgan fingerprint density at radius 1 is 1.20 bits per heavy atom. The number of esters is 1. The number of ether oxygens (including phenoxy) is 1. The summed E-state index contributed by atoms with van der Waals surface area (Å²) in [6, 6.07) is 7.55. The van der Waals surface area contributed by atoms with E-state index in [1.165, 1.54) is 6.92 Å². The maximum Gasteiger partial charge on any atom is 0.326 e. The van der Waals surface area contributed by atoms with Crippen molar-refractivity contribution in [1.29, 1.82) is 0 Å². The third-order valence-electron chi connectivity index (χ3n) is 2.89. The average molecular weight is 273 g/mol. The lowest BCUT2D eigenvalue weighted by molar-refractivity contribution is -0.155. The molecule has 1 heterocycles. The van der Waals surface area contributed by atoms with Gasteiger partial charge in [-0.25, -0.2) is 0 Å². The molecule has 0 unspecified atom stereocenters. The van der Waals surface area contributed by atoms with E-state index in [1.54, 1.807) is 10.8 Å². The van der Waals surface area contributed by atoms with Gasteiger partial charge in [0.15, 0.2) is 5.78 Å². The molecular formula is C16H19NO3. The molecule has 2 rings (SSSR count). The van der Waals surface area contributed by atoms with Crippen LogP contribution in [-0.4, -0.2) is 21.9 Å². The van der Waals surface area contributed by atoms with Crippen LogP contribution in [0, 0.1) is 0 Å². The Balaban J connectivity index is 2.36. The second-order valence-electron chi connectivity index (χ2n) is 5.83. The van der Waals surface area contributed by atoms with Crippen LogP contribution >= 0.6 is 0 Å². The van der Waals surface area contributed by atoms with Crippen molar-refractivity contribution in [2.75, 3.05) is 0 Å². The Hall–Kier alpha value is -2.10. The van der Waals surface area contributed by atoms with Crippen LogP contribution in [0.1, 0.15) is 38.1 Å². The monoisotopic (exact) mass is 273 g/mol. The fourth-order valence-electron chi connectivity index (χ4n) is 2.17. The number of carbonyl (C=O) groups is 2. The van der Waals surface area contributed by atoms with E-state index in [4.69, 9.17) is 4.74 Å². The van der Waals surface area contributed by atoms with Crippen molar-refractivity contribution in [2.24, 2.45) is 0 Å². The molecule has 0 saturated carbocycles. The molecule has 0 aliphatic rings. The van der Waals surface area contributed by atoms with E-state index in [0.717, 1.165) is 10.9 Å². The third-order valence-corrected chi connectivity index (χ3v) is 2.89. The van der Waals surface area contributed by atoms with Crippen molar-refractivity contribution in [3.8, 4) is 0 Å². The standard InChI is InChI=1S/C16H19NO3/c1-11(18)13-9-17(10-15(19)20-16(2,3)4)14-8-6-5-7-12(13)14/h5-9H,10H2,1-4H3. The van der Waals surface area contributed by atoms with Crippen molar-refractivity contribution in [2.45, 2.75) is 39.8 Å². The molecule has 20 heavy (non-hydrogen) atoms. The summed E-state index contributed by atoms with van der Waals surface area (Å²) in [6.07, 6.45) is 1.72. The number of para-hydroxylation sites is 1. The zero-order chi connectivity index (χ0) is 14.9. The van der Waals surface area contributed by atoms with Gasteiger partial charge in [0.1, 0.15) is 12.1 Å². The molecule has 2 aromatic rings. The predicted octanol–water partition coefficient (Wildman–Crippen LogP) is 3.19. The van der Waals surface area contributed by atoms with Crippen LogP contribution in [0.4, 0.5) is 0 Å². The summed E-state index contributed by atoms with van der Waals surface area (Å²) in [7, 11) is 0. The predicted molar refractivity (Wildman–Crippen MR) is 77.8 cm³/mol. The van der Waals surface area contributed by atoms with Crippen molar-refractivity contribution >= 4 is 22.7 Å². The van der Waals surface area contributed by atoms with E-state index in [9.17, 15) is 9.59 Å². The van der Waals surface area contributed by atoms with Crippen molar-refractivity contribution < 1.29 is 14.3 Å². The first-order valence-electron chi connectivity index (χ1n) is 6.58. The van der Waals surface area contributed by atoms with E-state index in [2.05, 4.69) is 0 Å². The first-order chi connectivity index (χ1) is 9.28. The number of benzene rings is 1. The molecule has 0 atom stereocenters. The number of carbonyl (C=O) groups excluding carboxylic acids is 2. The molecule has 0 fully saturated rings. The van der Waals surface area contributed by atoms with Crippen molar-refractivity contribution in [1.82, 2.24) is 4.57 Å². The van der Waals surface area contributed by atoms with Gasteiger partial charge in [0.05, 0.1) is 0 Å². The van der Waals surface area contributed by atoms with Gasteiger partial charge in [0.2, 0.25) is 0 Å². The number of nitrogens with zero attached hydrogens (tertiary/aromatic N) is 1. The van der Waals surface area contributed by atoms with Crippen LogP contribution < -0.4 is 0 Å². The van der Waals surface area contributed by atoms with Gasteiger partial charge < -0.3 is 9.30 Å². The fourth-order valence-corrected chi connectivity index (χ4v) is 2.17. The largest absolute Gasteiger partial charge is 0.459 e. The second-order valence-corrected chi connectivity index (χ2v) is 5.83. The Morgan fingerprint density at radius 3 is 2.45 bits per heavy atom. The molecule has 0 aliphatic heterocycles. The average Bonchev–Trinajstić information content (AvgIpc) is 2.66. The lowest BCUT2D eigenvalue weighted by Crippen LogP contribution is -2.26. The van der Waals surface area contributed by atoms with Crippen LogP contribution in [0.5, 0.6) is 0 Å². The highest BCUT2D eigenvalue weighted by Crippen LogP contribution is 2.22. The number of fused-ring (bicyclic) bond motifs is 1. The summed E-state index contributed by atoms with van der Waals surface area (Å²) in [4.78, 5) is 23.6. The molecule has 0 radical (unpaired) electrons. The summed E-state index contributed by atoms with van der Waals surface area (Å²) < 4.78 is 7.08. The zero-order valence-electron chi connectivity index (χ0n) is 12.3. The molecular weight excluding hydrogens is 254 g/mol. The lowest BCUT2D eigenvalue weighted by atomic mass is 10.1. The highest BCUT2D eigenvalue weighted by molar-refractivity contribution is 6.07. The smallest absolute Gasteiger partial charge is 0.326 e. The van der Waals surface area contributed by atoms with Gasteiger partial charge in [0.25, 0.3) is 0 Å². The van der Waals surface area contributed by atoms with Crippen molar-refractivity contribution in [3.63, 3.8) is 0 Å². The SMILES string of the molecule is CC(=O)c1cn(CC(=O)OC(C)(C)C)c2ccccc12. The van der Waals surface area contributed by atoms with Crippen LogP contribution in [0.15, 0.2) is 30.5 Å². The minimum atomic E-state index is -0.510. The zero-order valence-corrected chi connectivity index (χ0v) is 12.3. The number of aromatic nitrogens is 1. The number of Topliss-reactive ketones (excluding diaryl/α,β-unsaturated/α-hetero) is 1. The van der Waals surface area contributed by atoms with Crippen LogP contribution in [0.2, 0.25) is 0 Å². The van der Waals surface area contributed by atoms with E-state index in [1.807, 2.05) is 45.0 Å². The lowest BCUT2D eigenvalue weighted by Gasteiger charge is -2.19. The summed E-state index contributed by atoms with van der Waals surface area (Å²) >= 11 is 0. The van der Waals surface area contributed by atoms with Gasteiger partial charge in [-0.05, 0) is 33.8 Å². The molecule has 0 bridgehead atoms. The number of ketones is 1. The first-order valence-corrected chi connectivity index (χ1v) is 6.58. The highest BCUT2D eigenvalue weighted by atomic mass is 16.6. The molecule has 0 spiro atoms. The molecule has 0 amide bonds. The summed E-state index contributed by atoms with van der Waals surface area (Å²) in [5.41, 5.74) is 0.983. The number of rotatable bonds is 3. The molecule has 1 aromatic heterocycles. The fraction of sp³-hybridized carbons (Fsp3) is 0.375. The molecule has 0 N–H and O–H groups in total. The topological polar surface area (TPSA) is 48.3 Å². The van der Waals surface area contributed by atoms with Crippen LogP contribution in [-0.2, 0) is 16.1 Å². The summed E-state index contributed by atoms with van der Waals surface area (Å²) in [5.74, 6) is -0.322. The Morgan fingerprint density at radius 2 is 1.85 bits per heavy atom. The quantitative estimate of drug-likeness (QED) is 0.637. The Labute approximate surface area is 118 Å². The van der Waals surface area contributed by atoms with Gasteiger partial charge in [-0.15, -0.1) is 0 Å². The molecule has 106 valence electrons. The third kappa shape index (κ3) is 3.07. The first kappa shape index (κ1) is 14.3. The number of hydrogen-bond acceptors (Lipinski definition) is 3. The minimum absolute atomic E-state index is 0.0101. The normalized spacial score (nSPS) is 11.6. The van der Waals surface area contributed by atoms with E-state index in [-0.39, 0.29) is 18.3 Å². The van der Waals surface area contributed by atoms with E-state index < -0.39 is 5.60 Å². The Kier molecular flexibility index (Phi) is 3.66. The molecule has 0 aliphatic carbocycles. The van der Waals surface area contributed by atoms with Crippen LogP contribution in [0.25, 0.3) is 10.9 Å². The van der Waals surface area contributed by atoms with Gasteiger partial charge >= 0.3 is 5.97 Å². The van der Waals surface area contributed by atoms with Gasteiger partial charge in [-0.3, -0.25) is 9.59 Å². The molecule has 4 nitrogen and oxygen atoms in total. The molecule has 1 aromatic carbocycles. The number of hydrogen-bond donors (Lipinski definition) is 0. The summed E-state index contributed by atoms with van der Waals surface area (Å²) in [6.45, 7) is 7.13. The minimum Gasteiger partial charge on any atom is -0.459 e. The maximum atomic E-state index is 11.9. The molecule has 0 saturated heterocycles. The van der Waals surface area contributed by atoms with E-state index >= 15 is 0 Å². The maximum absolute atomic E-state index is 11.9. The van der Waals surface area contributed by atoms with Crippen LogP contribution in [0.3, 0.4) is 0 Å². The Bertz CT molecular complexity index is 662. The van der Waals surface area contributed by atoms with Crippen molar-refractivity contribution in [3.05, 3.63) is 36.0 Å². The second kappa shape index (κ2) is 5.12. The van der Waals surface area contributed by atoms with Gasteiger partial charge in [-0.2, -0.15) is 0 Å². The van der Waals surface area contributed by atoms with Gasteiger partial charge in [-0.1, -0.05) is 18.2 Å². The molecule has 4 heteroatoms. The van der Waals surface area contributed by atoms with E-state index in [0.29, 0.717) is 5.56 Å². The summed E-state index contributed by atoms with van der Waals surface area (Å²) in [5, 5.41) is 0.864. The highest BCUT2D eigenvalue weighted by Gasteiger charge is 2.18. The van der Waals surface area contributed by atoms with Gasteiger partial charge in [0, 0.05) is 22.7 Å².